The van der Waals surface area contributed by atoms with E-state index < -0.39 is 0 Å². The number of amides is 1. The number of aromatic nitrogens is 1. The van der Waals surface area contributed by atoms with Crippen LogP contribution < -0.4 is 5.32 Å². The molecule has 0 fully saturated rings. The highest BCUT2D eigenvalue weighted by Gasteiger charge is 2.12. The second kappa shape index (κ2) is 4.09. The van der Waals surface area contributed by atoms with Crippen molar-refractivity contribution in [3.05, 3.63) is 29.5 Å². The molecular formula is C8H9ClN2O2. The standard InChI is InChI=1S/C8H9ClN2O2/c1-5(9)3-10-8(12)7-6(2)11-4-13-7/h4H,1,3H2,2H3,(H,10,12). The average molecular weight is 201 g/mol. The molecule has 1 N–H and O–H groups in total. The molecule has 0 radical (unpaired) electrons. The van der Waals surface area contributed by atoms with E-state index in [1.165, 1.54) is 6.39 Å². The van der Waals surface area contributed by atoms with Gasteiger partial charge in [0.2, 0.25) is 5.76 Å². The molecule has 1 rings (SSSR count). The number of oxazole rings is 1. The lowest BCUT2D eigenvalue weighted by Crippen LogP contribution is -2.24. The van der Waals surface area contributed by atoms with Gasteiger partial charge in [0.25, 0.3) is 5.91 Å². The minimum absolute atomic E-state index is 0.206. The van der Waals surface area contributed by atoms with Gasteiger partial charge < -0.3 is 9.73 Å². The Kier molecular flexibility index (Phi) is 3.08. The molecule has 0 aliphatic rings. The van der Waals surface area contributed by atoms with Gasteiger partial charge in [0.05, 0.1) is 12.2 Å². The first-order valence-corrected chi connectivity index (χ1v) is 4.00. The van der Waals surface area contributed by atoms with E-state index in [4.69, 9.17) is 16.0 Å². The van der Waals surface area contributed by atoms with Crippen molar-refractivity contribution in [1.82, 2.24) is 10.3 Å². The van der Waals surface area contributed by atoms with Crippen LogP contribution in [0, 0.1) is 6.92 Å². The summed E-state index contributed by atoms with van der Waals surface area (Å²) in [6.45, 7) is 5.35. The number of rotatable bonds is 3. The Hall–Kier alpha value is -1.29. The number of aryl methyl sites for hydroxylation is 1. The minimum Gasteiger partial charge on any atom is -0.438 e. The first kappa shape index (κ1) is 9.80. The van der Waals surface area contributed by atoms with Crippen LogP contribution in [0.15, 0.2) is 22.4 Å². The van der Waals surface area contributed by atoms with E-state index in [1.54, 1.807) is 6.92 Å². The summed E-state index contributed by atoms with van der Waals surface area (Å²) < 4.78 is 4.86. The molecule has 70 valence electrons. The van der Waals surface area contributed by atoms with Crippen LogP contribution in [0.3, 0.4) is 0 Å². The normalized spacial score (nSPS) is 9.69. The summed E-state index contributed by atoms with van der Waals surface area (Å²) in [7, 11) is 0. The van der Waals surface area contributed by atoms with Gasteiger partial charge in [0, 0.05) is 5.03 Å². The highest BCUT2D eigenvalue weighted by atomic mass is 35.5. The first-order valence-electron chi connectivity index (χ1n) is 3.63. The van der Waals surface area contributed by atoms with Gasteiger partial charge in [-0.25, -0.2) is 4.98 Å². The first-order chi connectivity index (χ1) is 6.11. The minimum atomic E-state index is -0.336. The zero-order valence-electron chi connectivity index (χ0n) is 7.13. The molecule has 0 atom stereocenters. The predicted molar refractivity (Wildman–Crippen MR) is 48.6 cm³/mol. The Balaban J connectivity index is 2.59. The van der Waals surface area contributed by atoms with E-state index >= 15 is 0 Å². The van der Waals surface area contributed by atoms with Crippen molar-refractivity contribution < 1.29 is 9.21 Å². The van der Waals surface area contributed by atoms with E-state index in [0.717, 1.165) is 0 Å². The Morgan fingerprint density at radius 2 is 2.54 bits per heavy atom. The summed E-state index contributed by atoms with van der Waals surface area (Å²) in [4.78, 5) is 15.1. The lowest BCUT2D eigenvalue weighted by molar-refractivity contribution is 0.0929. The smallest absolute Gasteiger partial charge is 0.289 e. The maximum Gasteiger partial charge on any atom is 0.289 e. The molecule has 0 aliphatic heterocycles. The number of hydrogen-bond acceptors (Lipinski definition) is 3. The molecule has 0 unspecified atom stereocenters. The zero-order valence-corrected chi connectivity index (χ0v) is 7.89. The van der Waals surface area contributed by atoms with Crippen molar-refractivity contribution >= 4 is 17.5 Å². The molecule has 1 aromatic rings. The van der Waals surface area contributed by atoms with Crippen LogP contribution in [-0.2, 0) is 0 Å². The van der Waals surface area contributed by atoms with Crippen LogP contribution in [0.5, 0.6) is 0 Å². The van der Waals surface area contributed by atoms with E-state index in [-0.39, 0.29) is 18.2 Å². The number of nitrogens with zero attached hydrogens (tertiary/aromatic N) is 1. The molecule has 1 aromatic heterocycles. The molecular weight excluding hydrogens is 192 g/mol. The maximum atomic E-state index is 11.3. The molecule has 0 saturated carbocycles. The lowest BCUT2D eigenvalue weighted by Gasteiger charge is -2.00. The molecule has 1 heterocycles. The number of carbonyl (C=O) groups is 1. The molecule has 0 aromatic carbocycles. The monoisotopic (exact) mass is 200 g/mol. The second-order valence-corrected chi connectivity index (χ2v) is 3.00. The van der Waals surface area contributed by atoms with Gasteiger partial charge in [-0.15, -0.1) is 0 Å². The van der Waals surface area contributed by atoms with Crippen molar-refractivity contribution in [2.45, 2.75) is 6.92 Å². The van der Waals surface area contributed by atoms with Crippen molar-refractivity contribution in [2.75, 3.05) is 6.54 Å². The Bertz CT molecular complexity index is 333. The van der Waals surface area contributed by atoms with Gasteiger partial charge in [0.15, 0.2) is 6.39 Å². The number of carbonyl (C=O) groups excluding carboxylic acids is 1. The van der Waals surface area contributed by atoms with Crippen LogP contribution in [0.25, 0.3) is 0 Å². The molecule has 0 spiro atoms. The van der Waals surface area contributed by atoms with E-state index in [2.05, 4.69) is 16.9 Å². The highest BCUT2D eigenvalue weighted by Crippen LogP contribution is 2.04. The van der Waals surface area contributed by atoms with Crippen molar-refractivity contribution in [3.63, 3.8) is 0 Å². The van der Waals surface area contributed by atoms with Gasteiger partial charge in [-0.3, -0.25) is 4.79 Å². The predicted octanol–water partition coefficient (Wildman–Crippen LogP) is 1.47. The molecule has 13 heavy (non-hydrogen) atoms. The third-order valence-corrected chi connectivity index (χ3v) is 1.53. The topological polar surface area (TPSA) is 55.1 Å². The number of nitrogens with one attached hydrogen (secondary N) is 1. The second-order valence-electron chi connectivity index (χ2n) is 2.47. The summed E-state index contributed by atoms with van der Waals surface area (Å²) in [5.74, 6) is -0.130. The summed E-state index contributed by atoms with van der Waals surface area (Å²) in [5.41, 5.74) is 0.553. The van der Waals surface area contributed by atoms with E-state index in [9.17, 15) is 4.79 Å². The molecule has 0 saturated heterocycles. The van der Waals surface area contributed by atoms with Crippen LogP contribution in [0.4, 0.5) is 0 Å². The van der Waals surface area contributed by atoms with Crippen LogP contribution in [0.1, 0.15) is 16.2 Å². The maximum absolute atomic E-state index is 11.3. The van der Waals surface area contributed by atoms with E-state index in [0.29, 0.717) is 10.7 Å². The van der Waals surface area contributed by atoms with Crippen molar-refractivity contribution in [3.8, 4) is 0 Å². The van der Waals surface area contributed by atoms with Crippen LogP contribution in [-0.4, -0.2) is 17.4 Å². The molecule has 1 amide bonds. The third kappa shape index (κ3) is 2.59. The molecule has 0 aliphatic carbocycles. The van der Waals surface area contributed by atoms with Gasteiger partial charge >= 0.3 is 0 Å². The SMILES string of the molecule is C=C(Cl)CNC(=O)c1ocnc1C. The molecule has 4 nitrogen and oxygen atoms in total. The Labute approximate surface area is 80.6 Å². The van der Waals surface area contributed by atoms with Crippen molar-refractivity contribution in [2.24, 2.45) is 0 Å². The molecule has 0 bridgehead atoms. The summed E-state index contributed by atoms with van der Waals surface area (Å²) >= 11 is 5.47. The van der Waals surface area contributed by atoms with Gasteiger partial charge in [-0.1, -0.05) is 18.2 Å². The van der Waals surface area contributed by atoms with Crippen LogP contribution >= 0.6 is 11.6 Å². The van der Waals surface area contributed by atoms with Crippen LogP contribution in [0.2, 0.25) is 0 Å². The summed E-state index contributed by atoms with van der Waals surface area (Å²) in [6, 6.07) is 0. The van der Waals surface area contributed by atoms with Gasteiger partial charge in [-0.05, 0) is 6.92 Å². The Morgan fingerprint density at radius 3 is 3.00 bits per heavy atom. The largest absolute Gasteiger partial charge is 0.438 e. The third-order valence-electron chi connectivity index (χ3n) is 1.39. The summed E-state index contributed by atoms with van der Waals surface area (Å²) in [6.07, 6.45) is 1.22. The lowest BCUT2D eigenvalue weighted by atomic mass is 10.3. The number of halogens is 1. The fourth-order valence-electron chi connectivity index (χ4n) is 0.776. The quantitative estimate of drug-likeness (QED) is 0.804. The van der Waals surface area contributed by atoms with Crippen molar-refractivity contribution in [1.29, 1.82) is 0 Å². The number of hydrogen-bond donors (Lipinski definition) is 1. The molecule has 5 heteroatoms. The summed E-state index contributed by atoms with van der Waals surface area (Å²) in [5, 5.41) is 2.89. The van der Waals surface area contributed by atoms with E-state index in [1.807, 2.05) is 0 Å². The van der Waals surface area contributed by atoms with Gasteiger partial charge in [0.1, 0.15) is 0 Å². The average Bonchev–Trinajstić information content (AvgIpc) is 2.47. The fraction of sp³-hybridized carbons (Fsp3) is 0.250. The van der Waals surface area contributed by atoms with Gasteiger partial charge in [-0.2, -0.15) is 0 Å². The fourth-order valence-corrected chi connectivity index (χ4v) is 0.843. The highest BCUT2D eigenvalue weighted by molar-refractivity contribution is 6.29. The Morgan fingerprint density at radius 1 is 1.85 bits per heavy atom. The zero-order chi connectivity index (χ0) is 9.84.